The second-order valence-electron chi connectivity index (χ2n) is 9.34. The molecule has 4 amide bonds. The van der Waals surface area contributed by atoms with Crippen LogP contribution >= 0.6 is 0 Å². The van der Waals surface area contributed by atoms with E-state index in [-0.39, 0.29) is 11.1 Å². The lowest BCUT2D eigenvalue weighted by atomic mass is 9.86. The number of rotatable bonds is 5. The lowest BCUT2D eigenvalue weighted by Gasteiger charge is -2.43. The number of benzene rings is 2. The molecule has 0 radical (unpaired) electrons. The predicted molar refractivity (Wildman–Crippen MR) is 139 cm³/mol. The Morgan fingerprint density at radius 3 is 2.49 bits per heavy atom. The van der Waals surface area contributed by atoms with Gasteiger partial charge in [-0.3, -0.25) is 14.9 Å². The number of hydrogen-bond acceptors (Lipinski definition) is 5. The van der Waals surface area contributed by atoms with Gasteiger partial charge in [-0.05, 0) is 88.6 Å². The number of amides is 4. The van der Waals surface area contributed by atoms with Crippen molar-refractivity contribution in [1.29, 1.82) is 0 Å². The van der Waals surface area contributed by atoms with Gasteiger partial charge in [-0.25, -0.2) is 9.69 Å². The fourth-order valence-electron chi connectivity index (χ4n) is 4.90. The fourth-order valence-corrected chi connectivity index (χ4v) is 4.90. The normalized spacial score (nSPS) is 18.4. The molecule has 1 saturated heterocycles. The average molecular weight is 474 g/mol. The van der Waals surface area contributed by atoms with Gasteiger partial charge in [0.2, 0.25) is 0 Å². The minimum Gasteiger partial charge on any atom is -0.494 e. The minimum atomic E-state index is -0.785. The molecule has 4 rings (SSSR count). The molecule has 1 N–H and O–H groups in total. The Labute approximate surface area is 206 Å². The summed E-state index contributed by atoms with van der Waals surface area (Å²) in [4.78, 5) is 42.0. The van der Waals surface area contributed by atoms with Crippen LogP contribution in [-0.4, -0.2) is 36.5 Å². The highest BCUT2D eigenvalue weighted by Gasteiger charge is 2.37. The minimum absolute atomic E-state index is 0.0976. The van der Waals surface area contributed by atoms with Crippen LogP contribution in [0.4, 0.5) is 16.2 Å². The van der Waals surface area contributed by atoms with E-state index in [9.17, 15) is 14.4 Å². The Kier molecular flexibility index (Phi) is 6.28. The Morgan fingerprint density at radius 1 is 1.06 bits per heavy atom. The quantitative estimate of drug-likeness (QED) is 0.484. The second kappa shape index (κ2) is 9.06. The first-order valence-corrected chi connectivity index (χ1v) is 11.8. The molecule has 7 heteroatoms. The summed E-state index contributed by atoms with van der Waals surface area (Å²) in [6.07, 6.45) is 3.80. The molecule has 0 atom stereocenters. The van der Waals surface area contributed by atoms with Crippen LogP contribution in [0.1, 0.15) is 51.3 Å². The largest absolute Gasteiger partial charge is 0.494 e. The van der Waals surface area contributed by atoms with Crippen molar-refractivity contribution < 1.29 is 19.1 Å². The summed E-state index contributed by atoms with van der Waals surface area (Å²) in [6.45, 7) is 13.7. The maximum Gasteiger partial charge on any atom is 0.335 e. The number of likely N-dealkylation sites (N-methyl/N-ethyl adjacent to an activating group) is 1. The van der Waals surface area contributed by atoms with Crippen LogP contribution in [-0.2, 0) is 9.59 Å². The molecular weight excluding hydrogens is 442 g/mol. The van der Waals surface area contributed by atoms with Crippen LogP contribution in [0.5, 0.6) is 5.75 Å². The van der Waals surface area contributed by atoms with Gasteiger partial charge in [0.25, 0.3) is 11.8 Å². The Morgan fingerprint density at radius 2 is 1.80 bits per heavy atom. The van der Waals surface area contributed by atoms with Crippen LogP contribution in [0, 0.1) is 6.92 Å². The van der Waals surface area contributed by atoms with Crippen molar-refractivity contribution in [1.82, 2.24) is 5.32 Å². The van der Waals surface area contributed by atoms with Crippen molar-refractivity contribution in [3.05, 3.63) is 64.7 Å². The standard InChI is InChI=1S/C28H31N3O4/c1-7-30-24-12-17(3)19(13-22(24)18(4)16-28(30,5)6)14-23-25(32)29-27(34)31(26(23)33)20-10-9-11-21(15-20)35-8-2/h9-16H,7-8H2,1-6H3,(H,29,32,34)/b23-14+. The Hall–Kier alpha value is -3.87. The SMILES string of the molecule is CCOc1cccc(N2C(=O)NC(=O)/C(=C\c3cc4c(cc3C)N(CC)C(C)(C)C=C4C)C2=O)c1. The predicted octanol–water partition coefficient (Wildman–Crippen LogP) is 5.08. The van der Waals surface area contributed by atoms with E-state index in [1.54, 1.807) is 30.3 Å². The summed E-state index contributed by atoms with van der Waals surface area (Å²) in [6, 6.07) is 10.0. The number of aryl methyl sites for hydroxylation is 1. The summed E-state index contributed by atoms with van der Waals surface area (Å²) in [5.41, 5.74) is 5.13. The van der Waals surface area contributed by atoms with Gasteiger partial charge >= 0.3 is 6.03 Å². The fraction of sp³-hybridized carbons (Fsp3) is 0.321. The first kappa shape index (κ1) is 24.3. The monoisotopic (exact) mass is 473 g/mol. The molecule has 0 aliphatic carbocycles. The molecule has 2 aromatic carbocycles. The number of anilines is 2. The van der Waals surface area contributed by atoms with Crippen LogP contribution in [0.2, 0.25) is 0 Å². The molecule has 2 aliphatic heterocycles. The number of nitrogens with zero attached hydrogens (tertiary/aromatic N) is 2. The molecule has 0 spiro atoms. The van der Waals surface area contributed by atoms with Gasteiger partial charge in [-0.1, -0.05) is 12.1 Å². The Bertz CT molecular complexity index is 1290. The van der Waals surface area contributed by atoms with Crippen molar-refractivity contribution in [2.24, 2.45) is 0 Å². The number of nitrogens with one attached hydrogen (secondary N) is 1. The molecule has 2 heterocycles. The van der Waals surface area contributed by atoms with E-state index >= 15 is 0 Å². The molecule has 0 aromatic heterocycles. The zero-order valence-corrected chi connectivity index (χ0v) is 21.1. The number of fused-ring (bicyclic) bond motifs is 1. The van der Waals surface area contributed by atoms with Gasteiger partial charge in [-0.15, -0.1) is 0 Å². The van der Waals surface area contributed by atoms with E-state index in [1.807, 2.05) is 19.9 Å². The van der Waals surface area contributed by atoms with E-state index in [4.69, 9.17) is 4.74 Å². The van der Waals surface area contributed by atoms with Gasteiger partial charge in [0.05, 0.1) is 17.8 Å². The molecule has 2 aromatic rings. The zero-order chi connectivity index (χ0) is 25.5. The molecule has 0 unspecified atom stereocenters. The highest BCUT2D eigenvalue weighted by molar-refractivity contribution is 6.39. The summed E-state index contributed by atoms with van der Waals surface area (Å²) in [5.74, 6) is -0.852. The highest BCUT2D eigenvalue weighted by Crippen LogP contribution is 2.40. The zero-order valence-electron chi connectivity index (χ0n) is 21.1. The van der Waals surface area contributed by atoms with Crippen molar-refractivity contribution in [2.75, 3.05) is 23.0 Å². The smallest absolute Gasteiger partial charge is 0.335 e. The number of carbonyl (C=O) groups is 3. The molecule has 182 valence electrons. The number of barbiturate groups is 1. The molecular formula is C28H31N3O4. The lowest BCUT2D eigenvalue weighted by molar-refractivity contribution is -0.122. The molecule has 1 fully saturated rings. The van der Waals surface area contributed by atoms with E-state index in [1.165, 1.54) is 0 Å². The summed E-state index contributed by atoms with van der Waals surface area (Å²) in [7, 11) is 0. The third kappa shape index (κ3) is 4.34. The number of urea groups is 1. The van der Waals surface area contributed by atoms with Crippen molar-refractivity contribution >= 4 is 40.9 Å². The van der Waals surface area contributed by atoms with E-state index < -0.39 is 17.8 Å². The van der Waals surface area contributed by atoms with Gasteiger partial charge in [0.15, 0.2) is 0 Å². The van der Waals surface area contributed by atoms with Crippen LogP contribution in [0.25, 0.3) is 11.6 Å². The average Bonchev–Trinajstić information content (AvgIpc) is 2.77. The molecule has 0 bridgehead atoms. The number of hydrogen-bond donors (Lipinski definition) is 1. The summed E-state index contributed by atoms with van der Waals surface area (Å²) >= 11 is 0. The van der Waals surface area contributed by atoms with Crippen LogP contribution in [0.15, 0.2) is 48.0 Å². The lowest BCUT2D eigenvalue weighted by Crippen LogP contribution is -2.54. The molecule has 7 nitrogen and oxygen atoms in total. The van der Waals surface area contributed by atoms with Crippen molar-refractivity contribution in [2.45, 2.75) is 47.1 Å². The number of allylic oxidation sites excluding steroid dienone is 1. The van der Waals surface area contributed by atoms with E-state index in [2.05, 4.69) is 50.1 Å². The topological polar surface area (TPSA) is 79.0 Å². The summed E-state index contributed by atoms with van der Waals surface area (Å²) in [5, 5.41) is 2.30. The molecule has 35 heavy (non-hydrogen) atoms. The maximum absolute atomic E-state index is 13.4. The van der Waals surface area contributed by atoms with Crippen LogP contribution in [0.3, 0.4) is 0 Å². The van der Waals surface area contributed by atoms with Gasteiger partial charge in [0, 0.05) is 23.9 Å². The van der Waals surface area contributed by atoms with Gasteiger partial charge in [-0.2, -0.15) is 0 Å². The second-order valence-corrected chi connectivity index (χ2v) is 9.34. The van der Waals surface area contributed by atoms with Crippen LogP contribution < -0.4 is 19.9 Å². The first-order chi connectivity index (χ1) is 16.6. The highest BCUT2D eigenvalue weighted by atomic mass is 16.5. The first-order valence-electron chi connectivity index (χ1n) is 11.8. The molecule has 0 saturated carbocycles. The van der Waals surface area contributed by atoms with Crippen molar-refractivity contribution in [3.8, 4) is 5.75 Å². The third-order valence-corrected chi connectivity index (χ3v) is 6.47. The van der Waals surface area contributed by atoms with Gasteiger partial charge < -0.3 is 9.64 Å². The summed E-state index contributed by atoms with van der Waals surface area (Å²) < 4.78 is 5.50. The maximum atomic E-state index is 13.4. The Balaban J connectivity index is 1.77. The third-order valence-electron chi connectivity index (χ3n) is 6.47. The number of ether oxygens (including phenoxy) is 1. The van der Waals surface area contributed by atoms with Gasteiger partial charge in [0.1, 0.15) is 11.3 Å². The number of carbonyl (C=O) groups excluding carboxylic acids is 3. The van der Waals surface area contributed by atoms with Crippen molar-refractivity contribution in [3.63, 3.8) is 0 Å². The molecule has 2 aliphatic rings. The number of imide groups is 2. The van der Waals surface area contributed by atoms with E-state index in [0.717, 1.165) is 39.4 Å². The van der Waals surface area contributed by atoms with E-state index in [0.29, 0.717) is 18.0 Å².